The third kappa shape index (κ3) is 1.63. The number of carbonyl (C=O) groups excluding carboxylic acids is 2. The molecule has 0 aliphatic rings. The van der Waals surface area contributed by atoms with E-state index in [-0.39, 0.29) is 18.1 Å². The molecule has 0 atom stereocenters. The SMILES string of the molecule is O=Cc1cc(F)cc([N+](=O)[O-])c1C=O. The Morgan fingerprint density at radius 2 is 1.93 bits per heavy atom. The van der Waals surface area contributed by atoms with Gasteiger partial charge in [-0.1, -0.05) is 0 Å². The molecule has 6 heteroatoms. The fourth-order valence-electron chi connectivity index (χ4n) is 1.00. The van der Waals surface area contributed by atoms with E-state index in [0.29, 0.717) is 6.07 Å². The molecule has 1 aromatic carbocycles. The molecule has 5 nitrogen and oxygen atoms in total. The smallest absolute Gasteiger partial charge is 0.283 e. The van der Waals surface area contributed by atoms with E-state index in [4.69, 9.17) is 0 Å². The number of carbonyl (C=O) groups is 2. The molecule has 0 spiro atoms. The van der Waals surface area contributed by atoms with Gasteiger partial charge in [0.1, 0.15) is 11.4 Å². The Kier molecular flexibility index (Phi) is 2.66. The minimum Gasteiger partial charge on any atom is -0.298 e. The number of benzene rings is 1. The van der Waals surface area contributed by atoms with Gasteiger partial charge < -0.3 is 0 Å². The first-order valence-electron chi connectivity index (χ1n) is 3.48. The first kappa shape index (κ1) is 9.97. The largest absolute Gasteiger partial charge is 0.298 e. The summed E-state index contributed by atoms with van der Waals surface area (Å²) in [6.45, 7) is 0. The van der Waals surface area contributed by atoms with Crippen LogP contribution in [0.25, 0.3) is 0 Å². The lowest BCUT2D eigenvalue weighted by atomic mass is 10.1. The van der Waals surface area contributed by atoms with Crippen molar-refractivity contribution in [3.8, 4) is 0 Å². The van der Waals surface area contributed by atoms with Crippen molar-refractivity contribution >= 4 is 18.3 Å². The van der Waals surface area contributed by atoms with Crippen molar-refractivity contribution in [3.63, 3.8) is 0 Å². The molecule has 0 aliphatic heterocycles. The lowest BCUT2D eigenvalue weighted by Gasteiger charge is -1.98. The molecule has 0 N–H and O–H groups in total. The van der Waals surface area contributed by atoms with Crippen LogP contribution in [0.5, 0.6) is 0 Å². The van der Waals surface area contributed by atoms with Gasteiger partial charge in [-0.3, -0.25) is 19.7 Å². The maximum Gasteiger partial charge on any atom is 0.283 e. The molecule has 0 unspecified atom stereocenters. The summed E-state index contributed by atoms with van der Waals surface area (Å²) in [7, 11) is 0. The minimum absolute atomic E-state index is 0.154. The van der Waals surface area contributed by atoms with Crippen LogP contribution in [-0.4, -0.2) is 17.5 Å². The highest BCUT2D eigenvalue weighted by Gasteiger charge is 2.18. The van der Waals surface area contributed by atoms with E-state index in [0.717, 1.165) is 6.07 Å². The summed E-state index contributed by atoms with van der Waals surface area (Å²) in [5.41, 5.74) is -1.44. The van der Waals surface area contributed by atoms with Crippen molar-refractivity contribution in [1.29, 1.82) is 0 Å². The normalized spacial score (nSPS) is 9.50. The second-order valence-electron chi connectivity index (χ2n) is 2.42. The monoisotopic (exact) mass is 197 g/mol. The van der Waals surface area contributed by atoms with E-state index in [1.165, 1.54) is 0 Å². The van der Waals surface area contributed by atoms with Gasteiger partial charge in [-0.15, -0.1) is 0 Å². The zero-order valence-electron chi connectivity index (χ0n) is 6.77. The quantitative estimate of drug-likeness (QED) is 0.416. The third-order valence-electron chi connectivity index (χ3n) is 1.60. The van der Waals surface area contributed by atoms with Crippen LogP contribution in [-0.2, 0) is 0 Å². The average Bonchev–Trinajstić information content (AvgIpc) is 2.16. The van der Waals surface area contributed by atoms with Gasteiger partial charge in [0.05, 0.1) is 11.0 Å². The maximum absolute atomic E-state index is 12.7. The Hall–Kier alpha value is -2.11. The van der Waals surface area contributed by atoms with E-state index in [2.05, 4.69) is 0 Å². The second-order valence-corrected chi connectivity index (χ2v) is 2.42. The van der Waals surface area contributed by atoms with Crippen molar-refractivity contribution in [2.45, 2.75) is 0 Å². The number of nitro benzene ring substituents is 1. The van der Waals surface area contributed by atoms with Crippen molar-refractivity contribution in [1.82, 2.24) is 0 Å². The first-order chi connectivity index (χ1) is 6.60. The van der Waals surface area contributed by atoms with Gasteiger partial charge in [0, 0.05) is 5.56 Å². The Balaban J connectivity index is 3.54. The van der Waals surface area contributed by atoms with Crippen molar-refractivity contribution in [2.24, 2.45) is 0 Å². The van der Waals surface area contributed by atoms with Crippen molar-refractivity contribution in [2.75, 3.05) is 0 Å². The Morgan fingerprint density at radius 1 is 1.29 bits per heavy atom. The maximum atomic E-state index is 12.7. The Labute approximate surface area is 77.3 Å². The van der Waals surface area contributed by atoms with E-state index in [1.54, 1.807) is 0 Å². The predicted molar refractivity (Wildman–Crippen MR) is 43.8 cm³/mol. The molecule has 0 aromatic heterocycles. The molecule has 0 fully saturated rings. The lowest BCUT2D eigenvalue weighted by Crippen LogP contribution is -2.00. The average molecular weight is 197 g/mol. The number of hydrogen-bond donors (Lipinski definition) is 0. The zero-order valence-corrected chi connectivity index (χ0v) is 6.77. The van der Waals surface area contributed by atoms with Gasteiger partial charge in [0.25, 0.3) is 5.69 Å². The fourth-order valence-corrected chi connectivity index (χ4v) is 1.00. The number of halogens is 1. The van der Waals surface area contributed by atoms with E-state index in [1.807, 2.05) is 0 Å². The molecule has 0 saturated heterocycles. The van der Waals surface area contributed by atoms with Gasteiger partial charge in [-0.2, -0.15) is 0 Å². The van der Waals surface area contributed by atoms with Crippen LogP contribution in [0, 0.1) is 15.9 Å². The van der Waals surface area contributed by atoms with Crippen LogP contribution in [0.2, 0.25) is 0 Å². The molecule has 14 heavy (non-hydrogen) atoms. The molecular formula is C8H4FNO4. The summed E-state index contributed by atoms with van der Waals surface area (Å²) >= 11 is 0. The highest BCUT2D eigenvalue weighted by atomic mass is 19.1. The molecule has 0 bridgehead atoms. The summed E-state index contributed by atoms with van der Waals surface area (Å²) in [5, 5.41) is 10.4. The predicted octanol–water partition coefficient (Wildman–Crippen LogP) is 1.36. The van der Waals surface area contributed by atoms with E-state index >= 15 is 0 Å². The van der Waals surface area contributed by atoms with Gasteiger partial charge in [-0.05, 0) is 6.07 Å². The molecule has 72 valence electrons. The summed E-state index contributed by atoms with van der Waals surface area (Å²) in [4.78, 5) is 30.3. The van der Waals surface area contributed by atoms with Gasteiger partial charge in [0.2, 0.25) is 0 Å². The standard InChI is InChI=1S/C8H4FNO4/c9-6-1-5(3-11)7(4-12)8(2-6)10(13)14/h1-4H. The number of nitrogens with zero attached hydrogens (tertiary/aromatic N) is 1. The molecule has 0 saturated carbocycles. The lowest BCUT2D eigenvalue weighted by molar-refractivity contribution is -0.385. The van der Waals surface area contributed by atoms with Gasteiger partial charge >= 0.3 is 0 Å². The van der Waals surface area contributed by atoms with Crippen LogP contribution in [0.15, 0.2) is 12.1 Å². The summed E-state index contributed by atoms with van der Waals surface area (Å²) in [6, 6.07) is 1.36. The van der Waals surface area contributed by atoms with Crippen molar-refractivity contribution < 1.29 is 18.9 Å². The molecule has 0 aliphatic carbocycles. The molecule has 1 aromatic rings. The fraction of sp³-hybridized carbons (Fsp3) is 0. The van der Waals surface area contributed by atoms with Crippen LogP contribution < -0.4 is 0 Å². The zero-order chi connectivity index (χ0) is 10.7. The molecular weight excluding hydrogens is 193 g/mol. The number of rotatable bonds is 3. The molecule has 1 rings (SSSR count). The summed E-state index contributed by atoms with van der Waals surface area (Å²) in [6.07, 6.45) is 0.348. The highest BCUT2D eigenvalue weighted by molar-refractivity contribution is 5.94. The first-order valence-corrected chi connectivity index (χ1v) is 3.48. The Morgan fingerprint density at radius 3 is 2.36 bits per heavy atom. The second kappa shape index (κ2) is 3.73. The van der Waals surface area contributed by atoms with Crippen LogP contribution in [0.1, 0.15) is 20.7 Å². The van der Waals surface area contributed by atoms with Gasteiger partial charge in [0.15, 0.2) is 12.6 Å². The van der Waals surface area contributed by atoms with Crippen LogP contribution >= 0.6 is 0 Å². The van der Waals surface area contributed by atoms with E-state index in [9.17, 15) is 24.1 Å². The van der Waals surface area contributed by atoms with Crippen LogP contribution in [0.3, 0.4) is 0 Å². The third-order valence-corrected chi connectivity index (χ3v) is 1.60. The number of nitro groups is 1. The van der Waals surface area contributed by atoms with Crippen molar-refractivity contribution in [3.05, 3.63) is 39.2 Å². The minimum atomic E-state index is -0.926. The number of aldehydes is 2. The van der Waals surface area contributed by atoms with Crippen LogP contribution in [0.4, 0.5) is 10.1 Å². The molecule has 0 amide bonds. The summed E-state index contributed by atoms with van der Waals surface area (Å²) in [5.74, 6) is -0.926. The number of hydrogen-bond acceptors (Lipinski definition) is 4. The Bertz CT molecular complexity index is 416. The van der Waals surface area contributed by atoms with Gasteiger partial charge in [-0.25, -0.2) is 4.39 Å². The highest BCUT2D eigenvalue weighted by Crippen LogP contribution is 2.21. The molecule has 0 heterocycles. The summed E-state index contributed by atoms with van der Waals surface area (Å²) < 4.78 is 12.7. The topological polar surface area (TPSA) is 77.3 Å². The van der Waals surface area contributed by atoms with E-state index < -0.39 is 22.0 Å². The molecule has 0 radical (unpaired) electrons.